The number of benzene rings is 1. The number of phenolic OH excluding ortho intramolecular Hbond substituents is 1. The van der Waals surface area contributed by atoms with Crippen molar-refractivity contribution in [3.63, 3.8) is 0 Å². The molecule has 5 nitrogen and oxygen atoms in total. The molecular formula is C14H19IN2O3. The molecule has 0 atom stereocenters. The van der Waals surface area contributed by atoms with Gasteiger partial charge in [-0.3, -0.25) is 9.59 Å². The predicted octanol–water partition coefficient (Wildman–Crippen LogP) is 2.03. The van der Waals surface area contributed by atoms with Crippen LogP contribution in [-0.4, -0.2) is 29.0 Å². The van der Waals surface area contributed by atoms with E-state index < -0.39 is 0 Å². The van der Waals surface area contributed by atoms with E-state index in [2.05, 4.69) is 10.6 Å². The van der Waals surface area contributed by atoms with Crippen molar-refractivity contribution in [3.8, 4) is 5.75 Å². The molecule has 0 aromatic heterocycles. The highest BCUT2D eigenvalue weighted by Crippen LogP contribution is 2.20. The van der Waals surface area contributed by atoms with E-state index in [0.717, 1.165) is 0 Å². The van der Waals surface area contributed by atoms with Gasteiger partial charge in [-0.25, -0.2) is 0 Å². The molecule has 0 aliphatic carbocycles. The molecule has 20 heavy (non-hydrogen) atoms. The van der Waals surface area contributed by atoms with Crippen LogP contribution in [-0.2, 0) is 4.79 Å². The summed E-state index contributed by atoms with van der Waals surface area (Å²) in [5.74, 6) is -0.341. The second-order valence-electron chi connectivity index (χ2n) is 5.47. The van der Waals surface area contributed by atoms with Gasteiger partial charge in [0.1, 0.15) is 5.75 Å². The first-order chi connectivity index (χ1) is 9.19. The lowest BCUT2D eigenvalue weighted by Gasteiger charge is -2.20. The first-order valence-electron chi connectivity index (χ1n) is 6.27. The molecule has 0 radical (unpaired) electrons. The van der Waals surface area contributed by atoms with Gasteiger partial charge in [0.15, 0.2) is 0 Å². The van der Waals surface area contributed by atoms with Crippen LogP contribution in [0, 0.1) is 3.57 Å². The molecule has 0 aliphatic heterocycles. The van der Waals surface area contributed by atoms with Gasteiger partial charge in [0, 0.05) is 24.1 Å². The second-order valence-corrected chi connectivity index (χ2v) is 6.63. The van der Waals surface area contributed by atoms with Gasteiger partial charge < -0.3 is 15.7 Å². The van der Waals surface area contributed by atoms with Gasteiger partial charge in [0.2, 0.25) is 5.91 Å². The molecule has 6 heteroatoms. The molecule has 110 valence electrons. The van der Waals surface area contributed by atoms with Crippen LogP contribution in [0.5, 0.6) is 5.75 Å². The molecule has 0 saturated heterocycles. The van der Waals surface area contributed by atoms with Crippen LogP contribution in [0.4, 0.5) is 0 Å². The number of hydrogen-bond acceptors (Lipinski definition) is 3. The monoisotopic (exact) mass is 390 g/mol. The van der Waals surface area contributed by atoms with Crippen molar-refractivity contribution in [2.75, 3.05) is 6.54 Å². The topological polar surface area (TPSA) is 78.4 Å². The molecule has 0 aliphatic rings. The van der Waals surface area contributed by atoms with Gasteiger partial charge in [-0.2, -0.15) is 0 Å². The number of carbonyl (C=O) groups excluding carboxylic acids is 2. The van der Waals surface area contributed by atoms with Crippen molar-refractivity contribution in [1.82, 2.24) is 10.6 Å². The van der Waals surface area contributed by atoms with Crippen LogP contribution in [0.3, 0.4) is 0 Å². The van der Waals surface area contributed by atoms with Crippen molar-refractivity contribution < 1.29 is 14.7 Å². The lowest BCUT2D eigenvalue weighted by Crippen LogP contribution is -2.41. The minimum Gasteiger partial charge on any atom is -0.507 e. The Hall–Kier alpha value is -1.31. The summed E-state index contributed by atoms with van der Waals surface area (Å²) in [7, 11) is 0. The van der Waals surface area contributed by atoms with Crippen molar-refractivity contribution in [1.29, 1.82) is 0 Å². The average molecular weight is 390 g/mol. The average Bonchev–Trinajstić information content (AvgIpc) is 2.30. The molecule has 0 unspecified atom stereocenters. The number of rotatable bonds is 4. The van der Waals surface area contributed by atoms with Crippen LogP contribution in [0.1, 0.15) is 37.6 Å². The summed E-state index contributed by atoms with van der Waals surface area (Å²) < 4.78 is 0.684. The summed E-state index contributed by atoms with van der Waals surface area (Å²) in [6.45, 7) is 5.96. The number of hydrogen-bond donors (Lipinski definition) is 3. The van der Waals surface area contributed by atoms with Gasteiger partial charge >= 0.3 is 0 Å². The van der Waals surface area contributed by atoms with E-state index in [4.69, 9.17) is 0 Å². The largest absolute Gasteiger partial charge is 0.507 e. The molecular weight excluding hydrogens is 371 g/mol. The Balaban J connectivity index is 2.44. The Labute approximate surface area is 132 Å². The van der Waals surface area contributed by atoms with E-state index in [1.54, 1.807) is 12.1 Å². The van der Waals surface area contributed by atoms with Crippen molar-refractivity contribution in [3.05, 3.63) is 27.3 Å². The molecule has 1 aromatic carbocycles. The first kappa shape index (κ1) is 16.7. The summed E-state index contributed by atoms with van der Waals surface area (Å²) in [4.78, 5) is 23.4. The lowest BCUT2D eigenvalue weighted by molar-refractivity contribution is -0.122. The van der Waals surface area contributed by atoms with Gasteiger partial charge in [0.25, 0.3) is 5.91 Å². The zero-order chi connectivity index (χ0) is 15.3. The SMILES string of the molecule is CC(C)(C)NC(=O)CCNC(=O)c1ccc(I)c(O)c1. The van der Waals surface area contributed by atoms with Crippen LogP contribution >= 0.6 is 22.6 Å². The van der Waals surface area contributed by atoms with E-state index in [1.807, 2.05) is 43.4 Å². The summed E-state index contributed by atoms with van der Waals surface area (Å²) in [6.07, 6.45) is 0.222. The molecule has 1 rings (SSSR count). The quantitative estimate of drug-likeness (QED) is 0.689. The predicted molar refractivity (Wildman–Crippen MR) is 85.7 cm³/mol. The van der Waals surface area contributed by atoms with Gasteiger partial charge in [-0.15, -0.1) is 0 Å². The molecule has 0 fully saturated rings. The maximum absolute atomic E-state index is 11.8. The van der Waals surface area contributed by atoms with Crippen molar-refractivity contribution in [2.24, 2.45) is 0 Å². The minimum atomic E-state index is -0.305. The molecule has 0 spiro atoms. The Morgan fingerprint density at radius 1 is 1.30 bits per heavy atom. The third kappa shape index (κ3) is 5.77. The maximum atomic E-state index is 11.8. The highest BCUT2D eigenvalue weighted by molar-refractivity contribution is 14.1. The fourth-order valence-corrected chi connectivity index (χ4v) is 1.86. The Morgan fingerprint density at radius 3 is 2.50 bits per heavy atom. The van der Waals surface area contributed by atoms with Crippen molar-refractivity contribution in [2.45, 2.75) is 32.7 Å². The smallest absolute Gasteiger partial charge is 0.251 e. The zero-order valence-corrected chi connectivity index (χ0v) is 13.9. The Morgan fingerprint density at radius 2 is 1.95 bits per heavy atom. The molecule has 0 bridgehead atoms. The number of nitrogens with one attached hydrogen (secondary N) is 2. The third-order valence-electron chi connectivity index (χ3n) is 2.36. The van der Waals surface area contributed by atoms with Crippen LogP contribution in [0.2, 0.25) is 0 Å². The fourth-order valence-electron chi connectivity index (χ4n) is 1.53. The summed E-state index contributed by atoms with van der Waals surface area (Å²) in [5.41, 5.74) is 0.0994. The Kier molecular flexibility index (Phi) is 5.79. The van der Waals surface area contributed by atoms with Crippen molar-refractivity contribution >= 4 is 34.4 Å². The van der Waals surface area contributed by atoms with Gasteiger partial charge in [-0.1, -0.05) is 0 Å². The van der Waals surface area contributed by atoms with E-state index in [-0.39, 0.29) is 36.1 Å². The number of phenols is 1. The standard InChI is InChI=1S/C14H19IN2O3/c1-14(2,3)17-12(19)6-7-16-13(20)9-4-5-10(15)11(18)8-9/h4-5,8,18H,6-7H2,1-3H3,(H,16,20)(H,17,19). The van der Waals surface area contributed by atoms with Crippen LogP contribution in [0.15, 0.2) is 18.2 Å². The molecule has 0 heterocycles. The number of amides is 2. The number of carbonyl (C=O) groups is 2. The summed E-state index contributed by atoms with van der Waals surface area (Å²) >= 11 is 1.98. The fraction of sp³-hybridized carbons (Fsp3) is 0.429. The van der Waals surface area contributed by atoms with E-state index >= 15 is 0 Å². The zero-order valence-electron chi connectivity index (χ0n) is 11.8. The molecule has 0 saturated carbocycles. The molecule has 2 amide bonds. The highest BCUT2D eigenvalue weighted by Gasteiger charge is 2.14. The molecule has 1 aromatic rings. The first-order valence-corrected chi connectivity index (χ1v) is 7.34. The Bertz CT molecular complexity index is 510. The normalized spacial score (nSPS) is 11.0. The van der Waals surface area contributed by atoms with E-state index in [9.17, 15) is 14.7 Å². The highest BCUT2D eigenvalue weighted by atomic mass is 127. The minimum absolute atomic E-state index is 0.0729. The molecule has 3 N–H and O–H groups in total. The number of aromatic hydroxyl groups is 1. The van der Waals surface area contributed by atoms with Crippen LogP contribution in [0.25, 0.3) is 0 Å². The van der Waals surface area contributed by atoms with Gasteiger partial charge in [0.05, 0.1) is 3.57 Å². The maximum Gasteiger partial charge on any atom is 0.251 e. The third-order valence-corrected chi connectivity index (χ3v) is 3.27. The number of halogens is 1. The van der Waals surface area contributed by atoms with Crippen LogP contribution < -0.4 is 10.6 Å². The van der Waals surface area contributed by atoms with E-state index in [0.29, 0.717) is 9.13 Å². The summed E-state index contributed by atoms with van der Waals surface area (Å²) in [6, 6.07) is 4.70. The summed E-state index contributed by atoms with van der Waals surface area (Å²) in [5, 5.41) is 15.0. The van der Waals surface area contributed by atoms with Gasteiger partial charge in [-0.05, 0) is 61.6 Å². The van der Waals surface area contributed by atoms with E-state index in [1.165, 1.54) is 6.07 Å². The lowest BCUT2D eigenvalue weighted by atomic mass is 10.1. The second kappa shape index (κ2) is 6.92.